The normalized spacial score (nSPS) is 17.1. The highest BCUT2D eigenvalue weighted by Gasteiger charge is 2.42. The largest absolute Gasteiger partial charge is 0.478 e. The van der Waals surface area contributed by atoms with E-state index in [9.17, 15) is 19.8 Å². The number of carboxylic acids is 2. The van der Waals surface area contributed by atoms with E-state index < -0.39 is 18.0 Å². The first kappa shape index (κ1) is 23.5. The minimum atomic E-state index is -1.24. The van der Waals surface area contributed by atoms with Crippen LogP contribution in [0.15, 0.2) is 83.4 Å². The standard InChI is InChI=1S/C26H18ClN3O5S/c27-17-4-6-18(7-5-17)30-23(22(29-26(30)36)19-3-1-2-10-28-19)21-9-8-20(35-21)14-11-15(24(31)32)13-16(12-14)25(33)34/h1-13,22-23H,(H,29,36)(H,31,32)(H,33,34)/t22-,23-/m0/s1. The number of aromatic nitrogens is 1. The van der Waals surface area contributed by atoms with E-state index in [1.807, 2.05) is 35.2 Å². The van der Waals surface area contributed by atoms with E-state index in [0.29, 0.717) is 27.2 Å². The lowest BCUT2D eigenvalue weighted by atomic mass is 10.0. The Hall–Kier alpha value is -4.21. The molecule has 5 rings (SSSR count). The summed E-state index contributed by atoms with van der Waals surface area (Å²) in [7, 11) is 0. The first-order chi connectivity index (χ1) is 17.3. The van der Waals surface area contributed by atoms with Crippen molar-refractivity contribution in [3.63, 3.8) is 0 Å². The van der Waals surface area contributed by atoms with Crippen LogP contribution in [0.4, 0.5) is 5.69 Å². The van der Waals surface area contributed by atoms with E-state index in [1.54, 1.807) is 30.5 Å². The van der Waals surface area contributed by atoms with Gasteiger partial charge in [0.25, 0.3) is 0 Å². The quantitative estimate of drug-likeness (QED) is 0.281. The maximum absolute atomic E-state index is 11.6. The molecule has 180 valence electrons. The molecule has 36 heavy (non-hydrogen) atoms. The Bertz CT molecular complexity index is 1440. The molecule has 1 fully saturated rings. The number of benzene rings is 2. The molecule has 1 saturated heterocycles. The van der Waals surface area contributed by atoms with Crippen molar-refractivity contribution in [1.29, 1.82) is 0 Å². The van der Waals surface area contributed by atoms with Gasteiger partial charge in [-0.2, -0.15) is 0 Å². The van der Waals surface area contributed by atoms with Crippen molar-refractivity contribution in [3.05, 3.63) is 107 Å². The van der Waals surface area contributed by atoms with Gasteiger partial charge in [-0.25, -0.2) is 9.59 Å². The van der Waals surface area contributed by atoms with Gasteiger partial charge in [-0.15, -0.1) is 0 Å². The molecule has 2 aromatic carbocycles. The number of nitrogens with zero attached hydrogens (tertiary/aromatic N) is 2. The fraction of sp³-hybridized carbons (Fsp3) is 0.0769. The average molecular weight is 520 g/mol. The molecule has 1 aliphatic heterocycles. The molecule has 0 unspecified atom stereocenters. The highest BCUT2D eigenvalue weighted by molar-refractivity contribution is 7.80. The van der Waals surface area contributed by atoms with Crippen molar-refractivity contribution < 1.29 is 24.2 Å². The maximum atomic E-state index is 11.6. The molecule has 1 aliphatic rings. The average Bonchev–Trinajstić information content (AvgIpc) is 3.49. The Morgan fingerprint density at radius 1 is 0.972 bits per heavy atom. The molecule has 0 saturated carbocycles. The molecule has 8 nitrogen and oxygen atoms in total. The minimum absolute atomic E-state index is 0.152. The van der Waals surface area contributed by atoms with Crippen LogP contribution in [0, 0.1) is 0 Å². The molecule has 2 atom stereocenters. The van der Waals surface area contributed by atoms with Gasteiger partial charge >= 0.3 is 11.9 Å². The first-order valence-corrected chi connectivity index (χ1v) is 11.6. The summed E-state index contributed by atoms with van der Waals surface area (Å²) in [5.74, 6) is -1.62. The van der Waals surface area contributed by atoms with Gasteiger partial charge in [-0.1, -0.05) is 17.7 Å². The molecule has 0 radical (unpaired) electrons. The SMILES string of the molecule is O=C(O)c1cc(C(=O)O)cc(-c2ccc([C@H]3[C@H](c4ccccn4)NC(=S)N3c3ccc(Cl)cc3)o2)c1. The fourth-order valence-corrected chi connectivity index (χ4v) is 4.68. The fourth-order valence-electron chi connectivity index (χ4n) is 4.21. The van der Waals surface area contributed by atoms with Crippen molar-refractivity contribution in [3.8, 4) is 11.3 Å². The number of hydrogen-bond acceptors (Lipinski definition) is 5. The molecule has 2 aromatic heterocycles. The zero-order valence-electron chi connectivity index (χ0n) is 18.5. The van der Waals surface area contributed by atoms with Crippen LogP contribution < -0.4 is 10.2 Å². The van der Waals surface area contributed by atoms with Gasteiger partial charge in [-0.05, 0) is 78.9 Å². The highest BCUT2D eigenvalue weighted by Crippen LogP contribution is 2.43. The zero-order chi connectivity index (χ0) is 25.4. The third kappa shape index (κ3) is 4.41. The summed E-state index contributed by atoms with van der Waals surface area (Å²) >= 11 is 11.8. The second kappa shape index (κ2) is 9.44. The molecule has 0 amide bonds. The number of carbonyl (C=O) groups is 2. The van der Waals surface area contributed by atoms with Gasteiger partial charge in [0, 0.05) is 22.5 Å². The molecule has 3 heterocycles. The van der Waals surface area contributed by atoms with Gasteiger partial charge in [0.15, 0.2) is 5.11 Å². The lowest BCUT2D eigenvalue weighted by molar-refractivity contribution is 0.0696. The van der Waals surface area contributed by atoms with Crippen molar-refractivity contribution in [2.24, 2.45) is 0 Å². The zero-order valence-corrected chi connectivity index (χ0v) is 20.0. The maximum Gasteiger partial charge on any atom is 0.335 e. The number of nitrogens with one attached hydrogen (secondary N) is 1. The van der Waals surface area contributed by atoms with E-state index in [-0.39, 0.29) is 17.2 Å². The van der Waals surface area contributed by atoms with Gasteiger partial charge in [-0.3, -0.25) is 4.98 Å². The van der Waals surface area contributed by atoms with E-state index in [2.05, 4.69) is 10.3 Å². The smallest absolute Gasteiger partial charge is 0.335 e. The number of pyridine rings is 1. The van der Waals surface area contributed by atoms with Crippen LogP contribution in [-0.4, -0.2) is 32.2 Å². The van der Waals surface area contributed by atoms with Gasteiger partial charge in [0.05, 0.1) is 22.9 Å². The monoisotopic (exact) mass is 519 g/mol. The van der Waals surface area contributed by atoms with Crippen molar-refractivity contribution >= 4 is 46.6 Å². The van der Waals surface area contributed by atoms with E-state index in [1.165, 1.54) is 12.1 Å². The number of hydrogen-bond donors (Lipinski definition) is 3. The predicted molar refractivity (Wildman–Crippen MR) is 137 cm³/mol. The summed E-state index contributed by atoms with van der Waals surface area (Å²) < 4.78 is 6.22. The Balaban J connectivity index is 1.61. The molecule has 0 bridgehead atoms. The van der Waals surface area contributed by atoms with E-state index in [0.717, 1.165) is 17.4 Å². The number of halogens is 1. The summed E-state index contributed by atoms with van der Waals surface area (Å²) in [6.45, 7) is 0. The predicted octanol–water partition coefficient (Wildman–Crippen LogP) is 5.57. The number of carboxylic acid groups (broad SMARTS) is 2. The molecule has 0 spiro atoms. The van der Waals surface area contributed by atoms with Crippen LogP contribution in [0.5, 0.6) is 0 Å². The van der Waals surface area contributed by atoms with Crippen LogP contribution in [0.1, 0.15) is 44.3 Å². The Labute approximate surface area is 215 Å². The topological polar surface area (TPSA) is 116 Å². The van der Waals surface area contributed by atoms with Crippen molar-refractivity contribution in [2.75, 3.05) is 4.90 Å². The summed E-state index contributed by atoms with van der Waals surface area (Å²) in [4.78, 5) is 29.5. The molecule has 10 heteroatoms. The Morgan fingerprint density at radius 2 is 1.67 bits per heavy atom. The number of furan rings is 1. The van der Waals surface area contributed by atoms with E-state index >= 15 is 0 Å². The van der Waals surface area contributed by atoms with Crippen LogP contribution >= 0.6 is 23.8 Å². The van der Waals surface area contributed by atoms with Gasteiger partial charge < -0.3 is 24.8 Å². The van der Waals surface area contributed by atoms with Crippen LogP contribution in [0.3, 0.4) is 0 Å². The number of aromatic carboxylic acids is 2. The summed E-state index contributed by atoms with van der Waals surface area (Å²) in [6, 6.07) is 19.3. The highest BCUT2D eigenvalue weighted by atomic mass is 35.5. The number of anilines is 1. The Morgan fingerprint density at radius 3 is 2.28 bits per heavy atom. The Kier molecular flexibility index (Phi) is 6.17. The second-order valence-electron chi connectivity index (χ2n) is 8.08. The van der Waals surface area contributed by atoms with Crippen LogP contribution in [-0.2, 0) is 0 Å². The third-order valence-corrected chi connectivity index (χ3v) is 6.40. The summed E-state index contributed by atoms with van der Waals surface area (Å²) in [6.07, 6.45) is 1.69. The lowest BCUT2D eigenvalue weighted by Gasteiger charge is -2.26. The molecule has 4 aromatic rings. The molecule has 0 aliphatic carbocycles. The second-order valence-corrected chi connectivity index (χ2v) is 8.91. The van der Waals surface area contributed by atoms with Crippen LogP contribution in [0.25, 0.3) is 11.3 Å². The minimum Gasteiger partial charge on any atom is -0.478 e. The van der Waals surface area contributed by atoms with Crippen LogP contribution in [0.2, 0.25) is 5.02 Å². The number of thiocarbonyl (C=S) groups is 1. The number of rotatable bonds is 6. The van der Waals surface area contributed by atoms with E-state index in [4.69, 9.17) is 28.2 Å². The van der Waals surface area contributed by atoms with Gasteiger partial charge in [0.2, 0.25) is 0 Å². The third-order valence-electron chi connectivity index (χ3n) is 5.83. The van der Waals surface area contributed by atoms with Crippen molar-refractivity contribution in [1.82, 2.24) is 10.3 Å². The lowest BCUT2D eigenvalue weighted by Crippen LogP contribution is -2.29. The molecular weight excluding hydrogens is 502 g/mol. The van der Waals surface area contributed by atoms with Gasteiger partial charge in [0.1, 0.15) is 17.6 Å². The summed E-state index contributed by atoms with van der Waals surface area (Å²) in [5, 5.41) is 23.3. The molecule has 3 N–H and O–H groups in total. The molecular formula is C26H18ClN3O5S. The summed E-state index contributed by atoms with van der Waals surface area (Å²) in [5.41, 5.74) is 1.57. The van der Waals surface area contributed by atoms with Crippen molar-refractivity contribution in [2.45, 2.75) is 12.1 Å². The first-order valence-electron chi connectivity index (χ1n) is 10.8.